The maximum Gasteiger partial charge on any atom is 0.127 e. The van der Waals surface area contributed by atoms with Crippen molar-refractivity contribution in [2.45, 2.75) is 72.3 Å². The Hall–Kier alpha value is -1.18. The minimum atomic E-state index is -0.0829. The van der Waals surface area contributed by atoms with Crippen LogP contribution in [0, 0.1) is 0 Å². The highest BCUT2D eigenvalue weighted by molar-refractivity contribution is 5.51. The van der Waals surface area contributed by atoms with Crippen molar-refractivity contribution in [1.29, 1.82) is 0 Å². The third-order valence-electron chi connectivity index (χ3n) is 3.08. The lowest BCUT2D eigenvalue weighted by Crippen LogP contribution is -2.19. The van der Waals surface area contributed by atoms with E-state index in [0.29, 0.717) is 5.75 Å². The molecule has 0 aliphatic carbocycles. The minimum absolute atomic E-state index is 0.0159. The van der Waals surface area contributed by atoms with Crippen molar-refractivity contribution in [3.05, 3.63) is 23.3 Å². The first kappa shape index (κ1) is 15.9. The normalized spacial score (nSPS) is 12.9. The molecule has 0 spiro atoms. The van der Waals surface area contributed by atoms with E-state index in [1.54, 1.807) is 6.07 Å². The standard InChI is InChI=1S/C17H28O2/c1-11(2)19-15-10-14(18)12(16(3,4)5)9-13(15)17(6,7)8/h9-11,18H,1-8H3. The van der Waals surface area contributed by atoms with Gasteiger partial charge in [0.25, 0.3) is 0 Å². The third-order valence-corrected chi connectivity index (χ3v) is 3.08. The Kier molecular flexibility index (Phi) is 4.23. The van der Waals surface area contributed by atoms with E-state index in [2.05, 4.69) is 47.6 Å². The molecule has 0 fully saturated rings. The van der Waals surface area contributed by atoms with E-state index in [0.717, 1.165) is 16.9 Å². The summed E-state index contributed by atoms with van der Waals surface area (Å²) in [4.78, 5) is 0. The SMILES string of the molecule is CC(C)Oc1cc(O)c(C(C)(C)C)cc1C(C)(C)C. The molecule has 0 aromatic heterocycles. The Morgan fingerprint density at radius 2 is 1.37 bits per heavy atom. The van der Waals surface area contributed by atoms with Crippen LogP contribution in [0.5, 0.6) is 11.5 Å². The molecular formula is C17H28O2. The van der Waals surface area contributed by atoms with Crippen LogP contribution in [0.2, 0.25) is 0 Å². The smallest absolute Gasteiger partial charge is 0.127 e. The van der Waals surface area contributed by atoms with E-state index in [1.807, 2.05) is 13.8 Å². The molecule has 0 saturated carbocycles. The topological polar surface area (TPSA) is 29.5 Å². The lowest BCUT2D eigenvalue weighted by molar-refractivity contribution is 0.235. The van der Waals surface area contributed by atoms with E-state index in [-0.39, 0.29) is 16.9 Å². The summed E-state index contributed by atoms with van der Waals surface area (Å²) in [5.41, 5.74) is 2.01. The van der Waals surface area contributed by atoms with Gasteiger partial charge in [0.05, 0.1) is 6.10 Å². The number of rotatable bonds is 2. The van der Waals surface area contributed by atoms with Crippen LogP contribution in [0.4, 0.5) is 0 Å². The van der Waals surface area contributed by atoms with Crippen LogP contribution in [0.15, 0.2) is 12.1 Å². The molecular weight excluding hydrogens is 236 g/mol. The summed E-state index contributed by atoms with van der Waals surface area (Å²) >= 11 is 0. The zero-order valence-electron chi connectivity index (χ0n) is 13.6. The molecule has 0 radical (unpaired) electrons. The van der Waals surface area contributed by atoms with Gasteiger partial charge in [-0.15, -0.1) is 0 Å². The van der Waals surface area contributed by atoms with Crippen LogP contribution in [0.25, 0.3) is 0 Å². The van der Waals surface area contributed by atoms with Crippen molar-refractivity contribution < 1.29 is 9.84 Å². The van der Waals surface area contributed by atoms with Crippen molar-refractivity contribution in [2.75, 3.05) is 0 Å². The van der Waals surface area contributed by atoms with Crippen molar-refractivity contribution in [3.63, 3.8) is 0 Å². The van der Waals surface area contributed by atoms with E-state index in [9.17, 15) is 5.11 Å². The van der Waals surface area contributed by atoms with Crippen LogP contribution >= 0.6 is 0 Å². The Balaban J connectivity index is 3.46. The second kappa shape index (κ2) is 5.07. The highest BCUT2D eigenvalue weighted by Crippen LogP contribution is 2.40. The quantitative estimate of drug-likeness (QED) is 0.833. The van der Waals surface area contributed by atoms with Gasteiger partial charge in [0.15, 0.2) is 0 Å². The zero-order chi connectivity index (χ0) is 15.0. The highest BCUT2D eigenvalue weighted by Gasteiger charge is 2.26. The van der Waals surface area contributed by atoms with Crippen molar-refractivity contribution in [1.82, 2.24) is 0 Å². The maximum atomic E-state index is 10.3. The van der Waals surface area contributed by atoms with E-state index in [1.165, 1.54) is 0 Å². The van der Waals surface area contributed by atoms with Crippen LogP contribution in [-0.4, -0.2) is 11.2 Å². The Morgan fingerprint density at radius 1 is 0.895 bits per heavy atom. The summed E-state index contributed by atoms with van der Waals surface area (Å²) in [7, 11) is 0. The largest absolute Gasteiger partial charge is 0.508 e. The molecule has 2 nitrogen and oxygen atoms in total. The average molecular weight is 264 g/mol. The van der Waals surface area contributed by atoms with Gasteiger partial charge < -0.3 is 9.84 Å². The summed E-state index contributed by atoms with van der Waals surface area (Å²) in [5.74, 6) is 1.10. The highest BCUT2D eigenvalue weighted by atomic mass is 16.5. The fourth-order valence-corrected chi connectivity index (χ4v) is 2.11. The second-order valence-corrected chi connectivity index (χ2v) is 7.53. The van der Waals surface area contributed by atoms with Crippen LogP contribution in [0.1, 0.15) is 66.5 Å². The maximum absolute atomic E-state index is 10.3. The van der Waals surface area contributed by atoms with E-state index >= 15 is 0 Å². The average Bonchev–Trinajstić information content (AvgIpc) is 2.11. The Bertz CT molecular complexity index is 446. The molecule has 0 atom stereocenters. The summed E-state index contributed by atoms with van der Waals surface area (Å²) in [5, 5.41) is 10.3. The summed E-state index contributed by atoms with van der Waals surface area (Å²) in [6, 6.07) is 3.86. The fourth-order valence-electron chi connectivity index (χ4n) is 2.11. The Morgan fingerprint density at radius 3 is 1.74 bits per heavy atom. The molecule has 0 saturated heterocycles. The summed E-state index contributed by atoms with van der Waals surface area (Å²) < 4.78 is 5.86. The molecule has 0 aliphatic rings. The fraction of sp³-hybridized carbons (Fsp3) is 0.647. The number of hydrogen-bond acceptors (Lipinski definition) is 2. The molecule has 0 unspecified atom stereocenters. The van der Waals surface area contributed by atoms with Crippen molar-refractivity contribution >= 4 is 0 Å². The zero-order valence-corrected chi connectivity index (χ0v) is 13.6. The molecule has 2 heteroatoms. The van der Waals surface area contributed by atoms with Crippen LogP contribution in [-0.2, 0) is 10.8 Å². The second-order valence-electron chi connectivity index (χ2n) is 7.53. The van der Waals surface area contributed by atoms with E-state index < -0.39 is 0 Å². The van der Waals surface area contributed by atoms with Gasteiger partial charge >= 0.3 is 0 Å². The third kappa shape index (κ3) is 3.89. The number of phenols is 1. The number of ether oxygens (including phenoxy) is 1. The molecule has 1 aromatic rings. The van der Waals surface area contributed by atoms with Gasteiger partial charge in [-0.3, -0.25) is 0 Å². The van der Waals surface area contributed by atoms with Gasteiger partial charge in [0, 0.05) is 11.6 Å². The lowest BCUT2D eigenvalue weighted by Gasteiger charge is -2.28. The molecule has 19 heavy (non-hydrogen) atoms. The van der Waals surface area contributed by atoms with Crippen molar-refractivity contribution in [2.24, 2.45) is 0 Å². The predicted molar refractivity (Wildman–Crippen MR) is 81.3 cm³/mol. The molecule has 108 valence electrons. The molecule has 0 aliphatic heterocycles. The van der Waals surface area contributed by atoms with Gasteiger partial charge in [0.2, 0.25) is 0 Å². The van der Waals surface area contributed by atoms with Gasteiger partial charge in [-0.05, 0) is 36.3 Å². The molecule has 1 aromatic carbocycles. The first-order valence-electron chi connectivity index (χ1n) is 6.97. The van der Waals surface area contributed by atoms with Crippen LogP contribution in [0.3, 0.4) is 0 Å². The van der Waals surface area contributed by atoms with Crippen molar-refractivity contribution in [3.8, 4) is 11.5 Å². The number of benzene rings is 1. The predicted octanol–water partition coefficient (Wildman–Crippen LogP) is 4.77. The number of hydrogen-bond donors (Lipinski definition) is 1. The minimum Gasteiger partial charge on any atom is -0.508 e. The van der Waals surface area contributed by atoms with Gasteiger partial charge in [-0.1, -0.05) is 41.5 Å². The number of aromatic hydroxyl groups is 1. The van der Waals surface area contributed by atoms with Crippen LogP contribution < -0.4 is 4.74 Å². The summed E-state index contributed by atoms with van der Waals surface area (Å²) in [6.45, 7) is 16.8. The molecule has 0 heterocycles. The number of phenolic OH excluding ortho intramolecular Hbond substituents is 1. The molecule has 0 amide bonds. The first-order chi connectivity index (χ1) is 8.43. The van der Waals surface area contributed by atoms with Gasteiger partial charge in [0.1, 0.15) is 11.5 Å². The Labute approximate surface area is 117 Å². The van der Waals surface area contributed by atoms with Gasteiger partial charge in [-0.25, -0.2) is 0 Å². The first-order valence-corrected chi connectivity index (χ1v) is 6.97. The lowest BCUT2D eigenvalue weighted by atomic mass is 9.79. The molecule has 1 rings (SSSR count). The summed E-state index contributed by atoms with van der Waals surface area (Å²) in [6.07, 6.45) is 0.0981. The van der Waals surface area contributed by atoms with E-state index in [4.69, 9.17) is 4.74 Å². The monoisotopic (exact) mass is 264 g/mol. The molecule has 1 N–H and O–H groups in total. The van der Waals surface area contributed by atoms with Gasteiger partial charge in [-0.2, -0.15) is 0 Å². The molecule has 0 bridgehead atoms.